The average Bonchev–Trinajstić information content (AvgIpc) is 2.58. The van der Waals surface area contributed by atoms with E-state index in [2.05, 4.69) is 65.0 Å². The molecule has 0 aromatic heterocycles. The normalized spacial score (nSPS) is 10.0. The smallest absolute Gasteiger partial charge is 0.175 e. The molecule has 0 bridgehead atoms. The molecule has 0 atom stereocenters. The zero-order valence-electron chi connectivity index (χ0n) is 13.4. The summed E-state index contributed by atoms with van der Waals surface area (Å²) in [5.74, 6) is 3.87. The Kier molecular flexibility index (Phi) is 6.60. The molecular formula is C19H20INO2. The standard InChI is InChI=1S/C19H20INO2/c1-4-10-23-19-16(20)11-14(12-18(19)22-3)13-21-17-9-7-6-8-15(17)5-2/h1,6-9,11-12,21H,5,10,13H2,2-3H3. The maximum Gasteiger partial charge on any atom is 0.175 e. The summed E-state index contributed by atoms with van der Waals surface area (Å²) in [6.45, 7) is 3.11. The molecule has 4 heteroatoms. The van der Waals surface area contributed by atoms with E-state index in [0.717, 1.165) is 27.8 Å². The van der Waals surface area contributed by atoms with Crippen LogP contribution in [0.15, 0.2) is 36.4 Å². The first-order valence-electron chi connectivity index (χ1n) is 7.44. The minimum atomic E-state index is 0.230. The van der Waals surface area contributed by atoms with Crippen molar-refractivity contribution in [3.8, 4) is 23.8 Å². The van der Waals surface area contributed by atoms with Crippen LogP contribution >= 0.6 is 22.6 Å². The second-order valence-corrected chi connectivity index (χ2v) is 6.13. The summed E-state index contributed by atoms with van der Waals surface area (Å²) < 4.78 is 12.0. The van der Waals surface area contributed by atoms with Crippen LogP contribution in [-0.4, -0.2) is 13.7 Å². The lowest BCUT2D eigenvalue weighted by Gasteiger charge is -2.15. The number of halogens is 1. The monoisotopic (exact) mass is 421 g/mol. The maximum atomic E-state index is 5.57. The highest BCUT2D eigenvalue weighted by Crippen LogP contribution is 2.34. The summed E-state index contributed by atoms with van der Waals surface area (Å²) in [5, 5.41) is 3.49. The lowest BCUT2D eigenvalue weighted by Crippen LogP contribution is -2.04. The molecule has 23 heavy (non-hydrogen) atoms. The van der Waals surface area contributed by atoms with Crippen molar-refractivity contribution in [3.05, 3.63) is 51.1 Å². The zero-order chi connectivity index (χ0) is 16.7. The molecule has 0 aliphatic rings. The molecule has 0 saturated heterocycles. The number of terminal acetylenes is 1. The van der Waals surface area contributed by atoms with Gasteiger partial charge in [0.2, 0.25) is 0 Å². The summed E-state index contributed by atoms with van der Waals surface area (Å²) in [5.41, 5.74) is 3.60. The molecule has 0 heterocycles. The van der Waals surface area contributed by atoms with Gasteiger partial charge < -0.3 is 14.8 Å². The van der Waals surface area contributed by atoms with Crippen LogP contribution in [0, 0.1) is 15.9 Å². The minimum absolute atomic E-state index is 0.230. The summed E-state index contributed by atoms with van der Waals surface area (Å²) >= 11 is 2.24. The Morgan fingerprint density at radius 3 is 2.74 bits per heavy atom. The molecule has 0 amide bonds. The second kappa shape index (κ2) is 8.68. The van der Waals surface area contributed by atoms with Crippen molar-refractivity contribution >= 4 is 28.3 Å². The lowest BCUT2D eigenvalue weighted by atomic mass is 10.1. The van der Waals surface area contributed by atoms with Crippen LogP contribution in [0.25, 0.3) is 0 Å². The highest BCUT2D eigenvalue weighted by Gasteiger charge is 2.11. The van der Waals surface area contributed by atoms with E-state index in [0.29, 0.717) is 11.5 Å². The van der Waals surface area contributed by atoms with Crippen LogP contribution in [0.2, 0.25) is 0 Å². The number of methoxy groups -OCH3 is 1. The van der Waals surface area contributed by atoms with E-state index in [4.69, 9.17) is 15.9 Å². The van der Waals surface area contributed by atoms with Gasteiger partial charge in [0.25, 0.3) is 0 Å². The van der Waals surface area contributed by atoms with E-state index in [1.807, 2.05) is 12.1 Å². The van der Waals surface area contributed by atoms with Gasteiger partial charge in [-0.3, -0.25) is 0 Å². The summed E-state index contributed by atoms with van der Waals surface area (Å²) in [6, 6.07) is 12.4. The Balaban J connectivity index is 2.17. The maximum absolute atomic E-state index is 5.57. The van der Waals surface area contributed by atoms with E-state index in [9.17, 15) is 0 Å². The third-order valence-corrected chi connectivity index (χ3v) is 4.27. The van der Waals surface area contributed by atoms with Crippen molar-refractivity contribution in [3.63, 3.8) is 0 Å². The van der Waals surface area contributed by atoms with Crippen LogP contribution in [0.4, 0.5) is 5.69 Å². The van der Waals surface area contributed by atoms with Crippen molar-refractivity contribution < 1.29 is 9.47 Å². The molecule has 0 radical (unpaired) electrons. The highest BCUT2D eigenvalue weighted by atomic mass is 127. The Morgan fingerprint density at radius 1 is 1.26 bits per heavy atom. The predicted molar refractivity (Wildman–Crippen MR) is 103 cm³/mol. The number of hydrogen-bond donors (Lipinski definition) is 1. The number of ether oxygens (including phenoxy) is 2. The van der Waals surface area contributed by atoms with Gasteiger partial charge in [-0.15, -0.1) is 6.42 Å². The van der Waals surface area contributed by atoms with Crippen LogP contribution in [-0.2, 0) is 13.0 Å². The quantitative estimate of drug-likeness (QED) is 0.528. The van der Waals surface area contributed by atoms with Crippen molar-refractivity contribution in [2.75, 3.05) is 19.0 Å². The van der Waals surface area contributed by atoms with Gasteiger partial charge in [-0.2, -0.15) is 0 Å². The molecule has 2 rings (SSSR count). The molecule has 1 N–H and O–H groups in total. The molecule has 0 aliphatic heterocycles. The number of para-hydroxylation sites is 1. The molecule has 0 spiro atoms. The van der Waals surface area contributed by atoms with Crippen molar-refractivity contribution in [1.29, 1.82) is 0 Å². The van der Waals surface area contributed by atoms with Gasteiger partial charge in [-0.05, 0) is 58.3 Å². The third-order valence-electron chi connectivity index (χ3n) is 3.47. The number of nitrogens with one attached hydrogen (secondary N) is 1. The van der Waals surface area contributed by atoms with Crippen molar-refractivity contribution in [2.45, 2.75) is 19.9 Å². The number of benzene rings is 2. The van der Waals surface area contributed by atoms with Gasteiger partial charge in [0.15, 0.2) is 11.5 Å². The lowest BCUT2D eigenvalue weighted by molar-refractivity contribution is 0.328. The molecule has 120 valence electrons. The highest BCUT2D eigenvalue weighted by molar-refractivity contribution is 14.1. The Hall–Kier alpha value is -1.87. The predicted octanol–water partition coefficient (Wildman–Crippen LogP) is 4.49. The number of anilines is 1. The Bertz CT molecular complexity index is 707. The fourth-order valence-electron chi connectivity index (χ4n) is 2.33. The van der Waals surface area contributed by atoms with E-state index >= 15 is 0 Å². The third kappa shape index (κ3) is 4.55. The summed E-state index contributed by atoms with van der Waals surface area (Å²) in [4.78, 5) is 0. The van der Waals surface area contributed by atoms with Gasteiger partial charge in [-0.25, -0.2) is 0 Å². The molecule has 0 aliphatic carbocycles. The largest absolute Gasteiger partial charge is 0.493 e. The fraction of sp³-hybridized carbons (Fsp3) is 0.263. The van der Waals surface area contributed by atoms with Crippen LogP contribution in [0.3, 0.4) is 0 Å². The fourth-order valence-corrected chi connectivity index (χ4v) is 3.15. The van der Waals surface area contributed by atoms with E-state index in [1.165, 1.54) is 5.56 Å². The topological polar surface area (TPSA) is 30.5 Å². The first-order valence-corrected chi connectivity index (χ1v) is 8.51. The molecule has 3 nitrogen and oxygen atoms in total. The Labute approximate surface area is 151 Å². The number of hydrogen-bond acceptors (Lipinski definition) is 3. The van der Waals surface area contributed by atoms with Gasteiger partial charge >= 0.3 is 0 Å². The molecule has 0 unspecified atom stereocenters. The van der Waals surface area contributed by atoms with Crippen LogP contribution in [0.1, 0.15) is 18.1 Å². The average molecular weight is 421 g/mol. The van der Waals surface area contributed by atoms with E-state index < -0.39 is 0 Å². The first kappa shape index (κ1) is 17.5. The molecule has 0 saturated carbocycles. The summed E-state index contributed by atoms with van der Waals surface area (Å²) in [7, 11) is 1.64. The van der Waals surface area contributed by atoms with Gasteiger partial charge in [-0.1, -0.05) is 31.0 Å². The summed E-state index contributed by atoms with van der Waals surface area (Å²) in [6.07, 6.45) is 6.26. The number of rotatable bonds is 7. The van der Waals surface area contributed by atoms with E-state index in [-0.39, 0.29) is 6.61 Å². The Morgan fingerprint density at radius 2 is 2.04 bits per heavy atom. The van der Waals surface area contributed by atoms with Crippen molar-refractivity contribution in [2.24, 2.45) is 0 Å². The van der Waals surface area contributed by atoms with Crippen molar-refractivity contribution in [1.82, 2.24) is 0 Å². The van der Waals surface area contributed by atoms with Gasteiger partial charge in [0.1, 0.15) is 6.61 Å². The zero-order valence-corrected chi connectivity index (χ0v) is 15.5. The molecule has 2 aromatic rings. The molecule has 0 fully saturated rings. The van der Waals surface area contributed by atoms with Crippen LogP contribution < -0.4 is 14.8 Å². The minimum Gasteiger partial charge on any atom is -0.493 e. The second-order valence-electron chi connectivity index (χ2n) is 4.97. The molecule has 2 aromatic carbocycles. The SMILES string of the molecule is C#CCOc1c(I)cc(CNc2ccccc2CC)cc1OC. The number of aryl methyl sites for hydroxylation is 1. The molecular weight excluding hydrogens is 401 g/mol. The first-order chi connectivity index (χ1) is 11.2. The van der Waals surface area contributed by atoms with Crippen LogP contribution in [0.5, 0.6) is 11.5 Å². The van der Waals surface area contributed by atoms with E-state index in [1.54, 1.807) is 7.11 Å². The van der Waals surface area contributed by atoms with Gasteiger partial charge in [0.05, 0.1) is 10.7 Å². The van der Waals surface area contributed by atoms with Gasteiger partial charge in [0, 0.05) is 12.2 Å².